The Morgan fingerprint density at radius 1 is 1.14 bits per heavy atom. The van der Waals surface area contributed by atoms with Crippen molar-refractivity contribution in [2.75, 3.05) is 0 Å². The van der Waals surface area contributed by atoms with E-state index in [1.54, 1.807) is 13.0 Å². The van der Waals surface area contributed by atoms with Gasteiger partial charge < -0.3 is 10.6 Å². The van der Waals surface area contributed by atoms with Crippen molar-refractivity contribution in [3.05, 3.63) is 85.9 Å². The minimum atomic E-state index is -0.526. The minimum Gasteiger partial charge on any atom is -0.366 e. The number of amidine groups is 1. The zero-order valence-electron chi connectivity index (χ0n) is 15.2. The van der Waals surface area contributed by atoms with Crippen molar-refractivity contribution in [1.82, 2.24) is 4.90 Å². The van der Waals surface area contributed by atoms with E-state index in [0.717, 1.165) is 22.0 Å². The van der Waals surface area contributed by atoms with Crippen LogP contribution in [0.15, 0.2) is 64.1 Å². The normalized spacial score (nSPS) is 18.7. The molecule has 0 aliphatic carbocycles. The first-order valence-corrected chi connectivity index (χ1v) is 10.3. The van der Waals surface area contributed by atoms with Crippen LogP contribution in [-0.2, 0) is 4.79 Å². The van der Waals surface area contributed by atoms with Crippen molar-refractivity contribution in [3.63, 3.8) is 0 Å². The molecule has 4 rings (SSSR count). The molecule has 0 fully saturated rings. The first-order valence-electron chi connectivity index (χ1n) is 8.64. The van der Waals surface area contributed by atoms with Gasteiger partial charge in [-0.2, -0.15) is 0 Å². The summed E-state index contributed by atoms with van der Waals surface area (Å²) in [6.45, 7) is 3.83. The van der Waals surface area contributed by atoms with Crippen LogP contribution in [-0.4, -0.2) is 16.0 Å². The van der Waals surface area contributed by atoms with Crippen LogP contribution in [0, 0.1) is 6.92 Å². The number of halogens is 2. The Morgan fingerprint density at radius 2 is 1.86 bits per heavy atom. The summed E-state index contributed by atoms with van der Waals surface area (Å²) >= 11 is 14.3. The predicted molar refractivity (Wildman–Crippen MR) is 117 cm³/mol. The highest BCUT2D eigenvalue weighted by atomic mass is 35.5. The fourth-order valence-corrected chi connectivity index (χ4v) is 4.84. The summed E-state index contributed by atoms with van der Waals surface area (Å²) in [6.07, 6.45) is 0. The molecule has 1 amide bonds. The van der Waals surface area contributed by atoms with Crippen LogP contribution in [0.4, 0.5) is 0 Å². The fourth-order valence-electron chi connectivity index (χ4n) is 3.46. The molecular formula is C21H17Cl2N3OS. The zero-order chi connectivity index (χ0) is 20.0. The highest BCUT2D eigenvalue weighted by Crippen LogP contribution is 2.48. The van der Waals surface area contributed by atoms with Crippen molar-refractivity contribution in [2.45, 2.75) is 19.9 Å². The minimum absolute atomic E-state index is 0.405. The van der Waals surface area contributed by atoms with Gasteiger partial charge in [-0.05, 0) is 31.0 Å². The number of nitrogens with zero attached hydrogens (tertiary/aromatic N) is 2. The van der Waals surface area contributed by atoms with E-state index in [0.29, 0.717) is 21.3 Å². The molecule has 1 atom stereocenters. The average Bonchev–Trinajstić information content (AvgIpc) is 3.07. The number of aliphatic imine (C=N–C) groups is 1. The second kappa shape index (κ2) is 7.32. The number of carbonyl (C=O) groups excluding carboxylic acids is 1. The Bertz CT molecular complexity index is 1070. The number of nitrogens with two attached hydrogens (primary N) is 1. The van der Waals surface area contributed by atoms with E-state index in [1.807, 2.05) is 29.4 Å². The largest absolute Gasteiger partial charge is 0.366 e. The van der Waals surface area contributed by atoms with Crippen LogP contribution in [0.1, 0.15) is 29.7 Å². The summed E-state index contributed by atoms with van der Waals surface area (Å²) in [7, 11) is 0. The molecule has 1 unspecified atom stereocenters. The third-order valence-corrected chi connectivity index (χ3v) is 6.49. The third kappa shape index (κ3) is 3.13. The molecule has 2 aliphatic heterocycles. The average molecular weight is 430 g/mol. The van der Waals surface area contributed by atoms with Crippen LogP contribution in [0.3, 0.4) is 0 Å². The maximum Gasteiger partial charge on any atom is 0.248 e. The fraction of sp³-hybridized carbons (Fsp3) is 0.143. The molecule has 0 saturated heterocycles. The van der Waals surface area contributed by atoms with Crippen molar-refractivity contribution >= 4 is 51.7 Å². The number of rotatable bonds is 3. The van der Waals surface area contributed by atoms with E-state index in [4.69, 9.17) is 28.9 Å². The molecule has 2 aliphatic rings. The molecule has 4 nitrogen and oxygen atoms in total. The van der Waals surface area contributed by atoms with Crippen molar-refractivity contribution in [3.8, 4) is 0 Å². The maximum atomic E-state index is 12.4. The first kappa shape index (κ1) is 19.1. The number of hydrogen-bond acceptors (Lipinski definition) is 4. The van der Waals surface area contributed by atoms with Gasteiger partial charge in [0.25, 0.3) is 0 Å². The van der Waals surface area contributed by atoms with E-state index in [1.165, 1.54) is 17.3 Å². The van der Waals surface area contributed by atoms with Gasteiger partial charge in [-0.3, -0.25) is 4.79 Å². The summed E-state index contributed by atoms with van der Waals surface area (Å²) in [5.41, 5.74) is 10.6. The van der Waals surface area contributed by atoms with E-state index in [9.17, 15) is 4.79 Å². The van der Waals surface area contributed by atoms with E-state index in [-0.39, 0.29) is 0 Å². The van der Waals surface area contributed by atoms with Crippen LogP contribution in [0.5, 0.6) is 0 Å². The number of aryl methyl sites for hydroxylation is 1. The van der Waals surface area contributed by atoms with Gasteiger partial charge in [-0.15, -0.1) is 0 Å². The molecule has 2 aromatic carbocycles. The molecule has 2 heterocycles. The summed E-state index contributed by atoms with van der Waals surface area (Å²) in [5, 5.41) is 3.64. The van der Waals surface area contributed by atoms with Crippen molar-refractivity contribution in [2.24, 2.45) is 10.7 Å². The highest BCUT2D eigenvalue weighted by Gasteiger charge is 2.40. The molecule has 0 saturated carbocycles. The molecule has 0 spiro atoms. The molecule has 142 valence electrons. The lowest BCUT2D eigenvalue weighted by Crippen LogP contribution is -2.37. The Balaban J connectivity index is 1.91. The van der Waals surface area contributed by atoms with E-state index >= 15 is 0 Å². The SMILES string of the molecule is CC1=C(C(N)=O)C(c2cccc(Cl)c2Cl)N2C(c3ccc(C)cc3)=CSC2=N1. The molecule has 28 heavy (non-hydrogen) atoms. The quantitative estimate of drug-likeness (QED) is 0.698. The predicted octanol–water partition coefficient (Wildman–Crippen LogP) is 5.52. The van der Waals surface area contributed by atoms with Crippen LogP contribution in [0.2, 0.25) is 10.0 Å². The van der Waals surface area contributed by atoms with Gasteiger partial charge in [0, 0.05) is 5.41 Å². The first-order chi connectivity index (χ1) is 13.4. The lowest BCUT2D eigenvalue weighted by molar-refractivity contribution is -0.115. The van der Waals surface area contributed by atoms with Gasteiger partial charge in [0.15, 0.2) is 5.17 Å². The number of primary amides is 1. The second-order valence-electron chi connectivity index (χ2n) is 6.66. The van der Waals surface area contributed by atoms with Crippen LogP contribution >= 0.6 is 35.0 Å². The van der Waals surface area contributed by atoms with Gasteiger partial charge in [0.05, 0.1) is 33.1 Å². The number of allylic oxidation sites excluding steroid dienone is 1. The lowest BCUT2D eigenvalue weighted by Gasteiger charge is -2.36. The van der Waals surface area contributed by atoms with Gasteiger partial charge in [0.2, 0.25) is 5.91 Å². The lowest BCUT2D eigenvalue weighted by atomic mass is 9.93. The van der Waals surface area contributed by atoms with Gasteiger partial charge in [0.1, 0.15) is 0 Å². The van der Waals surface area contributed by atoms with Gasteiger partial charge in [-0.25, -0.2) is 4.99 Å². The maximum absolute atomic E-state index is 12.4. The molecule has 7 heteroatoms. The Morgan fingerprint density at radius 3 is 2.54 bits per heavy atom. The van der Waals surface area contributed by atoms with Crippen LogP contribution in [0.25, 0.3) is 5.70 Å². The Hall–Kier alpha value is -2.21. The van der Waals surface area contributed by atoms with Gasteiger partial charge in [-0.1, -0.05) is 76.9 Å². The standard InChI is InChI=1S/C21H17Cl2N3OS/c1-11-6-8-13(9-7-11)16-10-28-21-25-12(2)17(20(24)27)19(26(16)21)14-4-3-5-15(22)18(14)23/h3-10,19H,1-2H3,(H2,24,27). The summed E-state index contributed by atoms with van der Waals surface area (Å²) < 4.78 is 0. The van der Waals surface area contributed by atoms with E-state index < -0.39 is 11.9 Å². The molecule has 2 aromatic rings. The molecule has 0 bridgehead atoms. The van der Waals surface area contributed by atoms with E-state index in [2.05, 4.69) is 29.3 Å². The number of carbonyl (C=O) groups is 1. The molecule has 2 N–H and O–H groups in total. The third-order valence-electron chi connectivity index (χ3n) is 4.82. The van der Waals surface area contributed by atoms with Gasteiger partial charge >= 0.3 is 0 Å². The number of hydrogen-bond donors (Lipinski definition) is 1. The number of fused-ring (bicyclic) bond motifs is 1. The van der Waals surface area contributed by atoms with Crippen molar-refractivity contribution in [1.29, 1.82) is 0 Å². The van der Waals surface area contributed by atoms with Crippen molar-refractivity contribution < 1.29 is 4.79 Å². The summed E-state index contributed by atoms with van der Waals surface area (Å²) in [4.78, 5) is 19.0. The summed E-state index contributed by atoms with van der Waals surface area (Å²) in [5.74, 6) is -0.526. The second-order valence-corrected chi connectivity index (χ2v) is 8.28. The smallest absolute Gasteiger partial charge is 0.248 e. The number of thioether (sulfide) groups is 1. The zero-order valence-corrected chi connectivity index (χ0v) is 17.6. The topological polar surface area (TPSA) is 58.7 Å². The van der Waals surface area contributed by atoms with Crippen LogP contribution < -0.4 is 5.73 Å². The highest BCUT2D eigenvalue weighted by molar-refractivity contribution is 8.16. The molecular weight excluding hydrogens is 413 g/mol. The number of benzene rings is 2. The molecule has 0 radical (unpaired) electrons. The Labute approximate surface area is 177 Å². The monoisotopic (exact) mass is 429 g/mol. The number of amides is 1. The Kier molecular flexibility index (Phi) is 5.00. The summed E-state index contributed by atoms with van der Waals surface area (Å²) in [6, 6.07) is 13.1. The molecule has 0 aromatic heterocycles.